The Morgan fingerprint density at radius 1 is 1.36 bits per heavy atom. The van der Waals surface area contributed by atoms with Crippen LogP contribution in [0.1, 0.15) is 23.2 Å². The highest BCUT2D eigenvalue weighted by Gasteiger charge is 2.15. The molecule has 0 aliphatic carbocycles. The van der Waals surface area contributed by atoms with Gasteiger partial charge in [0.1, 0.15) is 5.65 Å². The minimum absolute atomic E-state index is 0.169. The normalized spacial score (nSPS) is 17.7. The molecule has 116 valence electrons. The maximum Gasteiger partial charge on any atom is 0.327 e. The lowest BCUT2D eigenvalue weighted by atomic mass is 10.1. The molecule has 3 rings (SSSR count). The highest BCUT2D eigenvalue weighted by atomic mass is 16.2. The Bertz CT molecular complexity index is 804. The van der Waals surface area contributed by atoms with Crippen molar-refractivity contribution in [1.29, 1.82) is 0 Å². The predicted octanol–water partition coefficient (Wildman–Crippen LogP) is -0.659. The summed E-state index contributed by atoms with van der Waals surface area (Å²) >= 11 is 0. The molecule has 0 aromatic carbocycles. The molecule has 1 unspecified atom stereocenters. The van der Waals surface area contributed by atoms with Crippen LogP contribution in [0.2, 0.25) is 0 Å². The molecule has 0 saturated carbocycles. The van der Waals surface area contributed by atoms with Crippen molar-refractivity contribution >= 4 is 16.9 Å². The molecule has 0 bridgehead atoms. The van der Waals surface area contributed by atoms with Crippen LogP contribution >= 0.6 is 0 Å². The molecule has 1 aliphatic rings. The molecule has 1 saturated heterocycles. The first-order valence-corrected chi connectivity index (χ1v) is 7.25. The molecular weight excluding hydrogens is 286 g/mol. The van der Waals surface area contributed by atoms with Gasteiger partial charge >= 0.3 is 5.69 Å². The smallest absolute Gasteiger partial charge is 0.327 e. The van der Waals surface area contributed by atoms with Gasteiger partial charge in [0.15, 0.2) is 0 Å². The van der Waals surface area contributed by atoms with Crippen LogP contribution in [0.5, 0.6) is 0 Å². The monoisotopic (exact) mass is 303 g/mol. The number of nitrogens with zero attached hydrogens (tertiary/aromatic N) is 1. The van der Waals surface area contributed by atoms with E-state index in [1.54, 1.807) is 0 Å². The summed E-state index contributed by atoms with van der Waals surface area (Å²) in [6, 6.07) is 1.43. The average Bonchev–Trinajstić information content (AvgIpc) is 3.00. The van der Waals surface area contributed by atoms with Crippen molar-refractivity contribution in [3.05, 3.63) is 38.7 Å². The Morgan fingerprint density at radius 3 is 3.00 bits per heavy atom. The first kappa shape index (κ1) is 14.5. The molecule has 8 nitrogen and oxygen atoms in total. The van der Waals surface area contributed by atoms with Gasteiger partial charge in [-0.05, 0) is 37.9 Å². The summed E-state index contributed by atoms with van der Waals surface area (Å²) in [5.74, 6) is 0.328. The second-order valence-electron chi connectivity index (χ2n) is 5.43. The first-order valence-electron chi connectivity index (χ1n) is 7.25. The van der Waals surface area contributed by atoms with Gasteiger partial charge in [0.05, 0.1) is 10.9 Å². The lowest BCUT2D eigenvalue weighted by molar-refractivity contribution is 0.0951. The number of nitrogens with one attached hydrogen (secondary N) is 4. The van der Waals surface area contributed by atoms with E-state index in [1.165, 1.54) is 12.3 Å². The van der Waals surface area contributed by atoms with Crippen molar-refractivity contribution in [3.63, 3.8) is 0 Å². The van der Waals surface area contributed by atoms with Crippen molar-refractivity contribution < 1.29 is 4.79 Å². The Balaban J connectivity index is 1.71. The van der Waals surface area contributed by atoms with Gasteiger partial charge in [-0.25, -0.2) is 9.78 Å². The predicted molar refractivity (Wildman–Crippen MR) is 80.9 cm³/mol. The molecule has 4 N–H and O–H groups in total. The standard InChI is InChI=1S/C14H17N5O3/c20-12(16-4-2-8-1-3-15-6-8)9-5-10-11(17-7-9)18-14(22)19-13(10)21/h5,7-8,15H,1-4,6H2,(H,16,20)(H2,17,18,19,21,22). The molecule has 0 radical (unpaired) electrons. The maximum atomic E-state index is 12.1. The summed E-state index contributed by atoms with van der Waals surface area (Å²) in [6.07, 6.45) is 3.41. The minimum atomic E-state index is -0.618. The largest absolute Gasteiger partial charge is 0.352 e. The highest BCUT2D eigenvalue weighted by molar-refractivity contribution is 5.96. The van der Waals surface area contributed by atoms with Crippen LogP contribution in [0.15, 0.2) is 21.9 Å². The van der Waals surface area contributed by atoms with E-state index in [9.17, 15) is 14.4 Å². The summed E-state index contributed by atoms with van der Waals surface area (Å²) in [6.45, 7) is 2.62. The number of aromatic nitrogens is 3. The third kappa shape index (κ3) is 3.06. The second-order valence-corrected chi connectivity index (χ2v) is 5.43. The molecule has 1 amide bonds. The van der Waals surface area contributed by atoms with Crippen LogP contribution in [0.4, 0.5) is 0 Å². The molecule has 2 aromatic heterocycles. The van der Waals surface area contributed by atoms with E-state index in [1.807, 2.05) is 0 Å². The zero-order chi connectivity index (χ0) is 15.5. The van der Waals surface area contributed by atoms with Crippen LogP contribution in [0, 0.1) is 5.92 Å². The number of fused-ring (bicyclic) bond motifs is 1. The molecule has 1 aliphatic heterocycles. The number of aromatic amines is 2. The average molecular weight is 303 g/mol. The molecular formula is C14H17N5O3. The Hall–Kier alpha value is -2.48. The molecule has 8 heteroatoms. The Kier molecular flexibility index (Phi) is 4.01. The van der Waals surface area contributed by atoms with Gasteiger partial charge in [-0.3, -0.25) is 19.6 Å². The number of rotatable bonds is 4. The lowest BCUT2D eigenvalue weighted by Crippen LogP contribution is -2.27. The fourth-order valence-corrected chi connectivity index (χ4v) is 2.62. The van der Waals surface area contributed by atoms with E-state index in [0.717, 1.165) is 25.9 Å². The van der Waals surface area contributed by atoms with Gasteiger partial charge in [0, 0.05) is 12.7 Å². The fraction of sp³-hybridized carbons (Fsp3) is 0.429. The summed E-state index contributed by atoms with van der Waals surface area (Å²) in [5.41, 5.74) is -0.706. The zero-order valence-electron chi connectivity index (χ0n) is 11.9. The molecule has 1 fully saturated rings. The van der Waals surface area contributed by atoms with E-state index in [4.69, 9.17) is 0 Å². The van der Waals surface area contributed by atoms with E-state index >= 15 is 0 Å². The van der Waals surface area contributed by atoms with Crippen molar-refractivity contribution in [2.24, 2.45) is 5.92 Å². The summed E-state index contributed by atoms with van der Waals surface area (Å²) in [7, 11) is 0. The van der Waals surface area contributed by atoms with E-state index < -0.39 is 11.2 Å². The third-order valence-corrected chi connectivity index (χ3v) is 3.85. The third-order valence-electron chi connectivity index (χ3n) is 3.85. The summed E-state index contributed by atoms with van der Waals surface area (Å²) < 4.78 is 0. The number of pyridine rings is 1. The number of hydrogen-bond acceptors (Lipinski definition) is 5. The van der Waals surface area contributed by atoms with Crippen molar-refractivity contribution in [2.75, 3.05) is 19.6 Å². The van der Waals surface area contributed by atoms with Crippen molar-refractivity contribution in [1.82, 2.24) is 25.6 Å². The van der Waals surface area contributed by atoms with Gasteiger partial charge < -0.3 is 10.6 Å². The quantitative estimate of drug-likeness (QED) is 0.598. The summed E-state index contributed by atoms with van der Waals surface area (Å²) in [5, 5.41) is 6.30. The van der Waals surface area contributed by atoms with E-state index in [0.29, 0.717) is 18.0 Å². The topological polar surface area (TPSA) is 120 Å². The number of carbonyl (C=O) groups is 1. The minimum Gasteiger partial charge on any atom is -0.352 e. The molecule has 3 heterocycles. The number of amides is 1. The zero-order valence-corrected chi connectivity index (χ0v) is 11.9. The van der Waals surface area contributed by atoms with Gasteiger partial charge in [-0.2, -0.15) is 0 Å². The van der Waals surface area contributed by atoms with E-state index in [-0.39, 0.29) is 16.9 Å². The van der Waals surface area contributed by atoms with Crippen LogP contribution in [0.3, 0.4) is 0 Å². The number of H-pyrrole nitrogens is 2. The van der Waals surface area contributed by atoms with Crippen LogP contribution in [0.25, 0.3) is 11.0 Å². The lowest BCUT2D eigenvalue weighted by Gasteiger charge is -2.09. The van der Waals surface area contributed by atoms with Crippen molar-refractivity contribution in [3.8, 4) is 0 Å². The Morgan fingerprint density at radius 2 is 2.23 bits per heavy atom. The molecule has 0 spiro atoms. The van der Waals surface area contributed by atoms with E-state index in [2.05, 4.69) is 25.6 Å². The molecule has 1 atom stereocenters. The fourth-order valence-electron chi connectivity index (χ4n) is 2.62. The van der Waals surface area contributed by atoms with Gasteiger partial charge in [-0.1, -0.05) is 0 Å². The maximum absolute atomic E-state index is 12.1. The van der Waals surface area contributed by atoms with Gasteiger partial charge in [0.25, 0.3) is 11.5 Å². The van der Waals surface area contributed by atoms with Gasteiger partial charge in [0.2, 0.25) is 0 Å². The highest BCUT2D eigenvalue weighted by Crippen LogP contribution is 2.11. The van der Waals surface area contributed by atoms with Gasteiger partial charge in [-0.15, -0.1) is 0 Å². The molecule has 22 heavy (non-hydrogen) atoms. The van der Waals surface area contributed by atoms with Crippen LogP contribution < -0.4 is 21.9 Å². The SMILES string of the molecule is O=C(NCCC1CCNC1)c1cnc2[nH]c(=O)[nH]c(=O)c2c1. The Labute approximate surface area is 125 Å². The second kappa shape index (κ2) is 6.10. The molecule has 2 aromatic rings. The first-order chi connectivity index (χ1) is 10.6. The van der Waals surface area contributed by atoms with Crippen molar-refractivity contribution in [2.45, 2.75) is 12.8 Å². The summed E-state index contributed by atoms with van der Waals surface area (Å²) in [4.78, 5) is 43.4. The van der Waals surface area contributed by atoms with Crippen LogP contribution in [-0.4, -0.2) is 40.5 Å². The number of hydrogen-bond donors (Lipinski definition) is 4. The number of carbonyl (C=O) groups excluding carboxylic acids is 1. The van der Waals surface area contributed by atoms with Crippen LogP contribution in [-0.2, 0) is 0 Å².